The van der Waals surface area contributed by atoms with Gasteiger partial charge in [0.05, 0.1) is 0 Å². The van der Waals surface area contributed by atoms with Crippen LogP contribution in [-0.2, 0) is 0 Å². The van der Waals surface area contributed by atoms with Crippen molar-refractivity contribution in [3.63, 3.8) is 0 Å². The van der Waals surface area contributed by atoms with E-state index in [1.165, 1.54) is 18.2 Å². The molecule has 0 saturated heterocycles. The van der Waals surface area contributed by atoms with Gasteiger partial charge in [0, 0.05) is 33.4 Å². The van der Waals surface area contributed by atoms with E-state index >= 15 is 0 Å². The Morgan fingerprint density at radius 3 is 0.706 bits per heavy atom. The molecule has 0 atom stereocenters. The molecule has 7 aromatic carbocycles. The number of benzene rings is 7. The summed E-state index contributed by atoms with van der Waals surface area (Å²) in [4.78, 5) is 41.6. The SMILES string of the molecule is O=C(c1ccc(Oc2ccccc2)cc1)c1cc(C(=O)c2ccc(Oc3ccccc3)cc2)cc(C(=O)c2ccc(Oc3ccccc3)cc2)c1. The summed E-state index contributed by atoms with van der Waals surface area (Å²) in [6.45, 7) is 0. The molecule has 0 N–H and O–H groups in total. The van der Waals surface area contributed by atoms with Crippen LogP contribution in [0.4, 0.5) is 0 Å². The summed E-state index contributed by atoms with van der Waals surface area (Å²) >= 11 is 0. The molecule has 7 aromatic rings. The lowest BCUT2D eigenvalue weighted by atomic mass is 9.92. The minimum absolute atomic E-state index is 0.203. The Labute approximate surface area is 295 Å². The number of para-hydroxylation sites is 3. The van der Waals surface area contributed by atoms with Crippen molar-refractivity contribution in [2.75, 3.05) is 0 Å². The van der Waals surface area contributed by atoms with Crippen molar-refractivity contribution >= 4 is 17.3 Å². The monoisotopic (exact) mass is 666 g/mol. The molecule has 6 heteroatoms. The molecule has 0 spiro atoms. The maximum atomic E-state index is 13.9. The fourth-order valence-electron chi connectivity index (χ4n) is 5.42. The zero-order valence-corrected chi connectivity index (χ0v) is 27.3. The van der Waals surface area contributed by atoms with Gasteiger partial charge in [0.2, 0.25) is 0 Å². The Morgan fingerprint density at radius 1 is 0.255 bits per heavy atom. The number of hydrogen-bond acceptors (Lipinski definition) is 6. The van der Waals surface area contributed by atoms with Gasteiger partial charge in [-0.25, -0.2) is 0 Å². The predicted octanol–water partition coefficient (Wildman–Crippen LogP) is 10.8. The van der Waals surface area contributed by atoms with Gasteiger partial charge in [0.25, 0.3) is 0 Å². The Bertz CT molecular complexity index is 2010. The highest BCUT2D eigenvalue weighted by atomic mass is 16.5. The number of carbonyl (C=O) groups excluding carboxylic acids is 3. The molecule has 7 rings (SSSR count). The fraction of sp³-hybridized carbons (Fsp3) is 0. The van der Waals surface area contributed by atoms with Crippen LogP contribution in [0.15, 0.2) is 182 Å². The number of carbonyl (C=O) groups is 3. The summed E-state index contributed by atoms with van der Waals surface area (Å²) in [5.41, 5.74) is 1.74. The van der Waals surface area contributed by atoms with E-state index in [1.807, 2.05) is 91.0 Å². The van der Waals surface area contributed by atoms with Gasteiger partial charge in [-0.1, -0.05) is 54.6 Å². The van der Waals surface area contributed by atoms with Crippen LogP contribution in [-0.4, -0.2) is 17.3 Å². The molecular weight excluding hydrogens is 636 g/mol. The molecule has 0 bridgehead atoms. The average Bonchev–Trinajstić information content (AvgIpc) is 3.19. The van der Waals surface area contributed by atoms with Crippen molar-refractivity contribution in [1.29, 1.82) is 0 Å². The topological polar surface area (TPSA) is 78.9 Å². The maximum Gasteiger partial charge on any atom is 0.193 e. The summed E-state index contributed by atoms with van der Waals surface area (Å²) in [5.74, 6) is 2.68. The zero-order valence-electron chi connectivity index (χ0n) is 27.3. The van der Waals surface area contributed by atoms with Crippen LogP contribution in [0.5, 0.6) is 34.5 Å². The summed E-state index contributed by atoms with van der Waals surface area (Å²) < 4.78 is 17.6. The summed E-state index contributed by atoms with van der Waals surface area (Å²) in [6, 6.07) is 52.8. The largest absolute Gasteiger partial charge is 0.457 e. The molecule has 6 nitrogen and oxygen atoms in total. The number of ether oxygens (including phenoxy) is 3. The third kappa shape index (κ3) is 7.99. The second-order valence-electron chi connectivity index (χ2n) is 11.6. The highest BCUT2D eigenvalue weighted by molar-refractivity contribution is 6.17. The van der Waals surface area contributed by atoms with Crippen LogP contribution in [0.1, 0.15) is 47.8 Å². The van der Waals surface area contributed by atoms with Crippen molar-refractivity contribution in [3.8, 4) is 34.5 Å². The molecule has 0 amide bonds. The Balaban J connectivity index is 1.18. The van der Waals surface area contributed by atoms with Crippen molar-refractivity contribution in [2.24, 2.45) is 0 Å². The Kier molecular flexibility index (Phi) is 9.57. The molecule has 0 aliphatic heterocycles. The first-order valence-electron chi connectivity index (χ1n) is 16.3. The second-order valence-corrected chi connectivity index (χ2v) is 11.6. The van der Waals surface area contributed by atoms with Crippen LogP contribution in [0.2, 0.25) is 0 Å². The van der Waals surface area contributed by atoms with Crippen LogP contribution >= 0.6 is 0 Å². The predicted molar refractivity (Wildman–Crippen MR) is 196 cm³/mol. The van der Waals surface area contributed by atoms with Crippen molar-refractivity contribution < 1.29 is 28.6 Å². The average molecular weight is 667 g/mol. The van der Waals surface area contributed by atoms with E-state index in [2.05, 4.69) is 0 Å². The van der Waals surface area contributed by atoms with Gasteiger partial charge in [-0.3, -0.25) is 14.4 Å². The smallest absolute Gasteiger partial charge is 0.193 e. The van der Waals surface area contributed by atoms with Crippen LogP contribution in [0.25, 0.3) is 0 Å². The maximum absolute atomic E-state index is 13.9. The lowest BCUT2D eigenvalue weighted by Crippen LogP contribution is -2.10. The lowest BCUT2D eigenvalue weighted by Gasteiger charge is -2.11. The fourth-order valence-corrected chi connectivity index (χ4v) is 5.42. The Morgan fingerprint density at radius 2 is 0.471 bits per heavy atom. The summed E-state index contributed by atoms with van der Waals surface area (Å²) in [7, 11) is 0. The van der Waals surface area contributed by atoms with Crippen LogP contribution < -0.4 is 14.2 Å². The number of rotatable bonds is 12. The first-order valence-corrected chi connectivity index (χ1v) is 16.3. The Hall–Kier alpha value is -7.05. The minimum atomic E-state index is -0.344. The van der Waals surface area contributed by atoms with Gasteiger partial charge in [0.1, 0.15) is 34.5 Å². The minimum Gasteiger partial charge on any atom is -0.457 e. The molecular formula is C45H30O6. The van der Waals surface area contributed by atoms with E-state index in [0.717, 1.165) is 0 Å². The molecule has 0 aromatic heterocycles. The second kappa shape index (κ2) is 15.0. The van der Waals surface area contributed by atoms with Gasteiger partial charge in [-0.15, -0.1) is 0 Å². The molecule has 0 unspecified atom stereocenters. The normalized spacial score (nSPS) is 10.6. The van der Waals surface area contributed by atoms with Crippen molar-refractivity contribution in [1.82, 2.24) is 0 Å². The molecule has 0 heterocycles. The van der Waals surface area contributed by atoms with Crippen molar-refractivity contribution in [3.05, 3.63) is 215 Å². The first-order chi connectivity index (χ1) is 25.0. The van der Waals surface area contributed by atoms with E-state index in [9.17, 15) is 14.4 Å². The first kappa shape index (κ1) is 32.5. The number of hydrogen-bond donors (Lipinski definition) is 0. The lowest BCUT2D eigenvalue weighted by molar-refractivity contribution is 0.103. The van der Waals surface area contributed by atoms with Crippen LogP contribution in [0, 0.1) is 0 Å². The van der Waals surface area contributed by atoms with E-state index < -0.39 is 0 Å². The van der Waals surface area contributed by atoms with E-state index in [1.54, 1.807) is 72.8 Å². The third-order valence-corrected chi connectivity index (χ3v) is 8.01. The van der Waals surface area contributed by atoms with Gasteiger partial charge in [0.15, 0.2) is 17.3 Å². The number of ketones is 3. The van der Waals surface area contributed by atoms with Crippen molar-refractivity contribution in [2.45, 2.75) is 0 Å². The standard InChI is InChI=1S/C45H30O6/c46-43(31-16-22-40(23-17-31)49-37-10-4-1-5-11-37)34-28-35(44(47)32-18-24-41(25-19-32)50-38-12-6-2-7-13-38)30-36(29-34)45(48)33-20-26-42(27-21-33)51-39-14-8-3-9-15-39/h1-30H. The molecule has 0 radical (unpaired) electrons. The molecule has 0 aliphatic rings. The van der Waals surface area contributed by atoms with E-state index in [0.29, 0.717) is 51.2 Å². The summed E-state index contributed by atoms with van der Waals surface area (Å²) in [6.07, 6.45) is 0. The molecule has 246 valence electrons. The molecule has 0 aliphatic carbocycles. The zero-order chi connectivity index (χ0) is 35.0. The van der Waals surface area contributed by atoms with Gasteiger partial charge in [-0.2, -0.15) is 0 Å². The molecule has 0 fully saturated rings. The van der Waals surface area contributed by atoms with E-state index in [-0.39, 0.29) is 34.0 Å². The van der Waals surface area contributed by atoms with Gasteiger partial charge < -0.3 is 14.2 Å². The van der Waals surface area contributed by atoms with Gasteiger partial charge >= 0.3 is 0 Å². The quantitative estimate of drug-likeness (QED) is 0.121. The summed E-state index contributed by atoms with van der Waals surface area (Å²) in [5, 5.41) is 0. The highest BCUT2D eigenvalue weighted by Gasteiger charge is 2.20. The van der Waals surface area contributed by atoms with E-state index in [4.69, 9.17) is 14.2 Å². The third-order valence-electron chi connectivity index (χ3n) is 8.01. The van der Waals surface area contributed by atoms with Crippen LogP contribution in [0.3, 0.4) is 0 Å². The van der Waals surface area contributed by atoms with Gasteiger partial charge in [-0.05, 0) is 127 Å². The highest BCUT2D eigenvalue weighted by Crippen LogP contribution is 2.27. The molecule has 0 saturated carbocycles. The molecule has 51 heavy (non-hydrogen) atoms.